The second-order valence-electron chi connectivity index (χ2n) is 9.19. The first-order chi connectivity index (χ1) is 19.1. The largest absolute Gasteiger partial charge is 0.476 e. The van der Waals surface area contributed by atoms with Crippen LogP contribution in [0, 0.1) is 11.6 Å². The smallest absolute Gasteiger partial charge is 0.244 e. The zero-order valence-corrected chi connectivity index (χ0v) is 23.9. The average Bonchev–Trinajstić information content (AvgIpc) is 3.31. The molecule has 2 aromatic heterocycles. The second kappa shape index (κ2) is 13.0. The molecule has 4 rings (SSSR count). The van der Waals surface area contributed by atoms with Crippen molar-refractivity contribution in [2.24, 2.45) is 0 Å². The molecule has 40 heavy (non-hydrogen) atoms. The third kappa shape index (κ3) is 6.74. The van der Waals surface area contributed by atoms with Crippen molar-refractivity contribution in [3.8, 4) is 5.88 Å². The number of ether oxygens (including phenoxy) is 1. The quantitative estimate of drug-likeness (QED) is 0.302. The number of thiazole rings is 1. The van der Waals surface area contributed by atoms with Gasteiger partial charge in [0.05, 0.1) is 11.8 Å². The molecule has 1 fully saturated rings. The number of nitrogens with two attached hydrogens (primary N) is 1. The van der Waals surface area contributed by atoms with E-state index in [2.05, 4.69) is 34.0 Å². The van der Waals surface area contributed by atoms with Gasteiger partial charge in [-0.15, -0.1) is 0 Å². The Morgan fingerprint density at radius 1 is 1.18 bits per heavy atom. The van der Waals surface area contributed by atoms with Crippen molar-refractivity contribution in [1.82, 2.24) is 19.2 Å². The number of aromatic nitrogens is 2. The minimum atomic E-state index is -3.74. The van der Waals surface area contributed by atoms with E-state index in [4.69, 9.17) is 10.5 Å². The molecule has 0 aliphatic carbocycles. The Labute approximate surface area is 236 Å². The standard InChI is InChI=1S/C26H32F2N6O4S2/c1-3-33(4-2)14-15-38-21-9-8-18(16-30-21)40(36,37)34-12-10-17(11-13-34)31-26-32-25(29)24(39-26)23(35)22-19(27)6-5-7-20(22)28/h5-9,16-17H,3-4,10-15,29H2,1-2H3,(H,31,32). The topological polar surface area (TPSA) is 131 Å². The van der Waals surface area contributed by atoms with Crippen molar-refractivity contribution in [3.63, 3.8) is 0 Å². The number of anilines is 2. The van der Waals surface area contributed by atoms with Crippen molar-refractivity contribution in [1.29, 1.82) is 0 Å². The lowest BCUT2D eigenvalue weighted by Gasteiger charge is -2.31. The van der Waals surface area contributed by atoms with Crippen LogP contribution in [0.1, 0.15) is 41.9 Å². The van der Waals surface area contributed by atoms with Gasteiger partial charge in [-0.2, -0.15) is 4.31 Å². The Hall–Kier alpha value is -3.20. The van der Waals surface area contributed by atoms with Gasteiger partial charge in [0, 0.05) is 31.7 Å². The van der Waals surface area contributed by atoms with E-state index >= 15 is 0 Å². The number of nitrogens with one attached hydrogen (secondary N) is 1. The molecule has 216 valence electrons. The minimum absolute atomic E-state index is 0.0699. The lowest BCUT2D eigenvalue weighted by molar-refractivity contribution is 0.103. The first-order valence-corrected chi connectivity index (χ1v) is 15.2. The summed E-state index contributed by atoms with van der Waals surface area (Å²) in [5.74, 6) is -2.60. The van der Waals surface area contributed by atoms with E-state index in [1.54, 1.807) is 6.07 Å². The molecule has 3 aromatic rings. The normalized spacial score (nSPS) is 14.9. The molecule has 0 amide bonds. The summed E-state index contributed by atoms with van der Waals surface area (Å²) < 4.78 is 61.5. The minimum Gasteiger partial charge on any atom is -0.476 e. The van der Waals surface area contributed by atoms with Crippen LogP contribution in [0.4, 0.5) is 19.7 Å². The van der Waals surface area contributed by atoms with Gasteiger partial charge in [-0.25, -0.2) is 27.2 Å². The van der Waals surface area contributed by atoms with Crippen molar-refractivity contribution in [3.05, 3.63) is 58.6 Å². The molecule has 1 aliphatic rings. The molecule has 10 nitrogen and oxygen atoms in total. The summed E-state index contributed by atoms with van der Waals surface area (Å²) in [4.78, 5) is 23.3. The predicted molar refractivity (Wildman–Crippen MR) is 149 cm³/mol. The highest BCUT2D eigenvalue weighted by Crippen LogP contribution is 2.31. The number of carbonyl (C=O) groups excluding carboxylic acids is 1. The summed E-state index contributed by atoms with van der Waals surface area (Å²) in [5, 5.41) is 3.49. The highest BCUT2D eigenvalue weighted by atomic mass is 32.2. The number of nitrogen functional groups attached to an aromatic ring is 1. The Balaban J connectivity index is 1.33. The maximum atomic E-state index is 14.1. The summed E-state index contributed by atoms with van der Waals surface area (Å²) in [6.07, 6.45) is 2.26. The molecular weight excluding hydrogens is 562 g/mol. The van der Waals surface area contributed by atoms with Crippen LogP contribution in [0.15, 0.2) is 41.4 Å². The van der Waals surface area contributed by atoms with Gasteiger partial charge < -0.3 is 20.7 Å². The Morgan fingerprint density at radius 3 is 2.45 bits per heavy atom. The highest BCUT2D eigenvalue weighted by Gasteiger charge is 2.31. The number of sulfonamides is 1. The van der Waals surface area contributed by atoms with Gasteiger partial charge in [-0.1, -0.05) is 31.3 Å². The van der Waals surface area contributed by atoms with Gasteiger partial charge >= 0.3 is 0 Å². The number of nitrogens with zero attached hydrogens (tertiary/aromatic N) is 4. The molecule has 3 heterocycles. The fourth-order valence-electron chi connectivity index (χ4n) is 4.37. The van der Waals surface area contributed by atoms with Crippen molar-refractivity contribution in [2.75, 3.05) is 50.4 Å². The Kier molecular flexibility index (Phi) is 9.66. The number of likely N-dealkylation sites (N-methyl/N-ethyl adjacent to an activating group) is 1. The second-order valence-corrected chi connectivity index (χ2v) is 12.1. The van der Waals surface area contributed by atoms with Gasteiger partial charge in [0.25, 0.3) is 0 Å². The van der Waals surface area contributed by atoms with Crippen LogP contribution in [-0.4, -0.2) is 78.7 Å². The zero-order chi connectivity index (χ0) is 28.9. The van der Waals surface area contributed by atoms with Crippen LogP contribution in [0.3, 0.4) is 0 Å². The molecule has 1 aromatic carbocycles. The van der Waals surface area contributed by atoms with E-state index in [1.807, 2.05) is 0 Å². The van der Waals surface area contributed by atoms with E-state index in [0.29, 0.717) is 30.5 Å². The third-order valence-corrected chi connectivity index (χ3v) is 9.61. The number of benzene rings is 1. The van der Waals surface area contributed by atoms with Crippen molar-refractivity contribution >= 4 is 38.1 Å². The van der Waals surface area contributed by atoms with Crippen LogP contribution in [0.25, 0.3) is 0 Å². The van der Waals surface area contributed by atoms with E-state index in [-0.39, 0.29) is 34.7 Å². The molecule has 14 heteroatoms. The maximum Gasteiger partial charge on any atom is 0.244 e. The van der Waals surface area contributed by atoms with Gasteiger partial charge in [0.15, 0.2) is 5.13 Å². The van der Waals surface area contributed by atoms with E-state index in [1.165, 1.54) is 22.6 Å². The van der Waals surface area contributed by atoms with Gasteiger partial charge in [0.1, 0.15) is 33.8 Å². The molecular formula is C26H32F2N6O4S2. The molecule has 0 spiro atoms. The Bertz CT molecular complexity index is 1400. The lowest BCUT2D eigenvalue weighted by atomic mass is 10.1. The fraction of sp³-hybridized carbons (Fsp3) is 0.423. The van der Waals surface area contributed by atoms with Gasteiger partial charge in [-0.05, 0) is 44.1 Å². The number of halogens is 2. The molecule has 0 unspecified atom stereocenters. The van der Waals surface area contributed by atoms with Gasteiger partial charge in [0.2, 0.25) is 21.7 Å². The summed E-state index contributed by atoms with van der Waals surface area (Å²) in [6.45, 7) is 7.73. The van der Waals surface area contributed by atoms with Crippen molar-refractivity contribution < 1.29 is 26.7 Å². The summed E-state index contributed by atoms with van der Waals surface area (Å²) in [6, 6.07) is 6.09. The first kappa shape index (κ1) is 29.8. The van der Waals surface area contributed by atoms with Gasteiger partial charge in [-0.3, -0.25) is 4.79 Å². The monoisotopic (exact) mass is 594 g/mol. The van der Waals surface area contributed by atoms with Crippen molar-refractivity contribution in [2.45, 2.75) is 37.6 Å². The summed E-state index contributed by atoms with van der Waals surface area (Å²) in [5.41, 5.74) is 5.20. The zero-order valence-electron chi connectivity index (χ0n) is 22.3. The number of hydrogen-bond acceptors (Lipinski definition) is 10. The van der Waals surface area contributed by atoms with Crippen LogP contribution in [0.5, 0.6) is 5.88 Å². The SMILES string of the molecule is CCN(CC)CCOc1ccc(S(=O)(=O)N2CCC(Nc3nc(N)c(C(=O)c4c(F)cccc4F)s3)CC2)cn1. The van der Waals surface area contributed by atoms with E-state index in [9.17, 15) is 22.0 Å². The molecule has 1 aliphatic heterocycles. The number of hydrogen-bond donors (Lipinski definition) is 2. The van der Waals surface area contributed by atoms with Crippen LogP contribution in [0.2, 0.25) is 0 Å². The van der Waals surface area contributed by atoms with Crippen LogP contribution < -0.4 is 15.8 Å². The summed E-state index contributed by atoms with van der Waals surface area (Å²) >= 11 is 0.903. The molecule has 0 saturated carbocycles. The fourth-order valence-corrected chi connectivity index (χ4v) is 6.70. The molecule has 0 bridgehead atoms. The molecule has 1 saturated heterocycles. The number of ketones is 1. The number of pyridine rings is 1. The van der Waals surface area contributed by atoms with E-state index < -0.39 is 33.0 Å². The predicted octanol–water partition coefficient (Wildman–Crippen LogP) is 3.62. The molecule has 0 radical (unpaired) electrons. The number of carbonyl (C=O) groups is 1. The molecule has 0 atom stereocenters. The lowest BCUT2D eigenvalue weighted by Crippen LogP contribution is -2.42. The number of piperidine rings is 1. The Morgan fingerprint density at radius 2 is 1.85 bits per heavy atom. The first-order valence-electron chi connectivity index (χ1n) is 13.0. The highest BCUT2D eigenvalue weighted by molar-refractivity contribution is 7.89. The molecule has 3 N–H and O–H groups in total. The summed E-state index contributed by atoms with van der Waals surface area (Å²) in [7, 11) is -3.74. The van der Waals surface area contributed by atoms with Crippen LogP contribution in [-0.2, 0) is 10.0 Å². The average molecular weight is 595 g/mol. The van der Waals surface area contributed by atoms with E-state index in [0.717, 1.165) is 43.1 Å². The number of rotatable bonds is 12. The maximum absolute atomic E-state index is 14.1. The third-order valence-electron chi connectivity index (χ3n) is 6.73. The van der Waals surface area contributed by atoms with Crippen LogP contribution >= 0.6 is 11.3 Å².